The smallest absolute Gasteiger partial charge is 0.245 e. The summed E-state index contributed by atoms with van der Waals surface area (Å²) in [5.41, 5.74) is -0.583. The molecule has 9 heavy (non-hydrogen) atoms. The summed E-state index contributed by atoms with van der Waals surface area (Å²) in [5.74, 6) is 0.289. The van der Waals surface area contributed by atoms with Gasteiger partial charge in [0.05, 0.1) is 0 Å². The van der Waals surface area contributed by atoms with Crippen LogP contribution >= 0.6 is 0 Å². The maximum absolute atomic E-state index is 12.1. The van der Waals surface area contributed by atoms with Crippen molar-refractivity contribution in [1.29, 1.82) is 0 Å². The highest BCUT2D eigenvalue weighted by Crippen LogP contribution is 2.58. The first-order valence-corrected chi connectivity index (χ1v) is 3.24. The molecule has 1 nitrogen and oxygen atoms in total. The predicted molar refractivity (Wildman–Crippen MR) is 29.4 cm³/mol. The maximum atomic E-state index is 12.1. The van der Waals surface area contributed by atoms with Crippen LogP contribution < -0.4 is 5.32 Å². The van der Waals surface area contributed by atoms with Crippen molar-refractivity contribution in [2.75, 3.05) is 13.1 Å². The first kappa shape index (κ1) is 5.59. The minimum Gasteiger partial charge on any atom is -0.316 e. The van der Waals surface area contributed by atoms with Crippen LogP contribution in [0.2, 0.25) is 0 Å². The molecule has 0 aromatic rings. The van der Waals surface area contributed by atoms with Crippen molar-refractivity contribution >= 4 is 0 Å². The van der Waals surface area contributed by atoms with Gasteiger partial charge in [-0.2, -0.15) is 0 Å². The van der Waals surface area contributed by atoms with E-state index in [2.05, 4.69) is 5.32 Å². The second-order valence-corrected chi connectivity index (χ2v) is 3.07. The molecule has 1 N–H and O–H groups in total. The molecule has 0 bridgehead atoms. The monoisotopic (exact) mass is 133 g/mol. The molecule has 0 radical (unpaired) electrons. The third kappa shape index (κ3) is 0.556. The Hall–Kier alpha value is -0.180. The third-order valence-corrected chi connectivity index (χ3v) is 2.56. The Bertz CT molecular complexity index is 133. The minimum absolute atomic E-state index is 0.289. The van der Waals surface area contributed by atoms with Gasteiger partial charge in [-0.1, -0.05) is 0 Å². The van der Waals surface area contributed by atoms with Crippen molar-refractivity contribution < 1.29 is 8.78 Å². The summed E-state index contributed by atoms with van der Waals surface area (Å²) >= 11 is 0. The Morgan fingerprint density at radius 1 is 1.56 bits per heavy atom. The molecule has 2 atom stereocenters. The van der Waals surface area contributed by atoms with Gasteiger partial charge in [-0.15, -0.1) is 0 Å². The summed E-state index contributed by atoms with van der Waals surface area (Å²) in [7, 11) is 0. The van der Waals surface area contributed by atoms with Gasteiger partial charge in [0, 0.05) is 12.0 Å². The molecule has 0 aromatic carbocycles. The molecule has 2 unspecified atom stereocenters. The van der Waals surface area contributed by atoms with Crippen LogP contribution in [0.25, 0.3) is 0 Å². The summed E-state index contributed by atoms with van der Waals surface area (Å²) < 4.78 is 24.3. The average molecular weight is 133 g/mol. The Kier molecular flexibility index (Phi) is 0.903. The lowest BCUT2D eigenvalue weighted by Crippen LogP contribution is -2.21. The Morgan fingerprint density at radius 2 is 2.33 bits per heavy atom. The molecule has 0 spiro atoms. The van der Waals surface area contributed by atoms with Gasteiger partial charge >= 0.3 is 0 Å². The van der Waals surface area contributed by atoms with Crippen LogP contribution in [-0.4, -0.2) is 19.5 Å². The number of rotatable bonds is 1. The number of fused-ring (bicyclic) bond motifs is 1. The molecule has 1 heterocycles. The van der Waals surface area contributed by atoms with Crippen LogP contribution in [0.5, 0.6) is 0 Å². The summed E-state index contributed by atoms with van der Waals surface area (Å²) in [4.78, 5) is 0. The molecule has 1 aliphatic carbocycles. The molecule has 0 aromatic heterocycles. The molecule has 1 saturated heterocycles. The van der Waals surface area contributed by atoms with Crippen molar-refractivity contribution in [3.8, 4) is 0 Å². The summed E-state index contributed by atoms with van der Waals surface area (Å²) in [6.07, 6.45) is -1.35. The zero-order valence-corrected chi connectivity index (χ0v) is 5.03. The Balaban J connectivity index is 2.10. The number of hydrogen-bond donors (Lipinski definition) is 1. The van der Waals surface area contributed by atoms with Crippen LogP contribution in [0.1, 0.15) is 6.42 Å². The van der Waals surface area contributed by atoms with Crippen molar-refractivity contribution in [2.24, 2.45) is 11.3 Å². The Morgan fingerprint density at radius 3 is 2.56 bits per heavy atom. The van der Waals surface area contributed by atoms with Gasteiger partial charge in [-0.25, -0.2) is 8.78 Å². The molecule has 52 valence electrons. The number of nitrogens with one attached hydrogen (secondary N) is 1. The quantitative estimate of drug-likeness (QED) is 0.559. The van der Waals surface area contributed by atoms with Gasteiger partial charge in [0.2, 0.25) is 6.43 Å². The summed E-state index contributed by atoms with van der Waals surface area (Å²) in [5, 5.41) is 2.96. The minimum atomic E-state index is -2.10. The molecule has 1 saturated carbocycles. The number of halogens is 2. The predicted octanol–water partition coefficient (Wildman–Crippen LogP) is 0.861. The molecule has 0 amide bonds. The van der Waals surface area contributed by atoms with E-state index in [1.807, 2.05) is 0 Å². The SMILES string of the molecule is FC(F)C12CNCC1C2. The van der Waals surface area contributed by atoms with Gasteiger partial charge < -0.3 is 5.32 Å². The van der Waals surface area contributed by atoms with Crippen LogP contribution in [0.4, 0.5) is 8.78 Å². The van der Waals surface area contributed by atoms with Crippen molar-refractivity contribution in [2.45, 2.75) is 12.8 Å². The second kappa shape index (κ2) is 1.45. The fourth-order valence-corrected chi connectivity index (χ4v) is 1.72. The lowest BCUT2D eigenvalue weighted by atomic mass is 10.1. The second-order valence-electron chi connectivity index (χ2n) is 3.07. The highest BCUT2D eigenvalue weighted by atomic mass is 19.3. The zero-order chi connectivity index (χ0) is 6.48. The third-order valence-electron chi connectivity index (χ3n) is 2.56. The molecular weight excluding hydrogens is 124 g/mol. The van der Waals surface area contributed by atoms with Crippen molar-refractivity contribution in [1.82, 2.24) is 5.32 Å². The zero-order valence-electron chi connectivity index (χ0n) is 5.03. The first-order chi connectivity index (χ1) is 4.26. The molecule has 2 rings (SSSR count). The van der Waals surface area contributed by atoms with E-state index in [4.69, 9.17) is 0 Å². The Labute approximate surface area is 52.4 Å². The maximum Gasteiger partial charge on any atom is 0.245 e. The van der Waals surface area contributed by atoms with E-state index in [9.17, 15) is 8.78 Å². The normalized spacial score (nSPS) is 47.7. The summed E-state index contributed by atoms with van der Waals surface area (Å²) in [6, 6.07) is 0. The molecule has 2 fully saturated rings. The molecule has 2 aliphatic rings. The molecule has 3 heteroatoms. The van der Waals surface area contributed by atoms with E-state index in [-0.39, 0.29) is 5.92 Å². The highest BCUT2D eigenvalue weighted by molar-refractivity contribution is 5.10. The van der Waals surface area contributed by atoms with Gasteiger partial charge in [0.15, 0.2) is 0 Å². The average Bonchev–Trinajstić information content (AvgIpc) is 2.38. The van der Waals surface area contributed by atoms with Gasteiger partial charge in [-0.05, 0) is 18.9 Å². The van der Waals surface area contributed by atoms with E-state index >= 15 is 0 Å². The van der Waals surface area contributed by atoms with Crippen molar-refractivity contribution in [3.63, 3.8) is 0 Å². The highest BCUT2D eigenvalue weighted by Gasteiger charge is 2.63. The van der Waals surface area contributed by atoms with Gasteiger partial charge in [0.25, 0.3) is 0 Å². The number of piperidine rings is 1. The van der Waals surface area contributed by atoms with E-state index in [0.717, 1.165) is 13.0 Å². The van der Waals surface area contributed by atoms with Gasteiger partial charge in [-0.3, -0.25) is 0 Å². The van der Waals surface area contributed by atoms with Gasteiger partial charge in [0.1, 0.15) is 0 Å². The first-order valence-electron chi connectivity index (χ1n) is 3.24. The van der Waals surface area contributed by atoms with Crippen LogP contribution in [0.3, 0.4) is 0 Å². The lowest BCUT2D eigenvalue weighted by Gasteiger charge is -2.07. The fraction of sp³-hybridized carbons (Fsp3) is 1.00. The van der Waals surface area contributed by atoms with E-state index in [1.165, 1.54) is 0 Å². The molecular formula is C6H9F2N. The largest absolute Gasteiger partial charge is 0.316 e. The number of hydrogen-bond acceptors (Lipinski definition) is 1. The standard InChI is InChI=1S/C6H9F2N/c7-5(8)6-1-4(6)2-9-3-6/h4-5,9H,1-3H2. The molecule has 1 aliphatic heterocycles. The lowest BCUT2D eigenvalue weighted by molar-refractivity contribution is 0.0642. The van der Waals surface area contributed by atoms with E-state index < -0.39 is 11.8 Å². The van der Waals surface area contributed by atoms with Crippen molar-refractivity contribution in [3.05, 3.63) is 0 Å². The summed E-state index contributed by atoms with van der Waals surface area (Å²) in [6.45, 7) is 1.35. The fourth-order valence-electron chi connectivity index (χ4n) is 1.72. The van der Waals surface area contributed by atoms with E-state index in [0.29, 0.717) is 6.54 Å². The van der Waals surface area contributed by atoms with E-state index in [1.54, 1.807) is 0 Å². The number of alkyl halides is 2. The van der Waals surface area contributed by atoms with Crippen LogP contribution in [0, 0.1) is 11.3 Å². The van der Waals surface area contributed by atoms with Crippen LogP contribution in [0.15, 0.2) is 0 Å². The topological polar surface area (TPSA) is 12.0 Å². The van der Waals surface area contributed by atoms with Crippen LogP contribution in [-0.2, 0) is 0 Å².